The second kappa shape index (κ2) is 7.77. The van der Waals surface area contributed by atoms with Gasteiger partial charge in [0.25, 0.3) is 0 Å². The maximum absolute atomic E-state index is 11.8. The van der Waals surface area contributed by atoms with Crippen LogP contribution < -0.4 is 15.0 Å². The number of carbonyl (C=O) groups excluding carboxylic acids is 1. The molecule has 0 saturated carbocycles. The van der Waals surface area contributed by atoms with E-state index in [0.29, 0.717) is 5.92 Å². The fourth-order valence-electron chi connectivity index (χ4n) is 3.12. The van der Waals surface area contributed by atoms with Crippen LogP contribution in [0.15, 0.2) is 24.3 Å². The first kappa shape index (κ1) is 18.4. The lowest BCUT2D eigenvalue weighted by Crippen LogP contribution is -2.38. The fraction of sp³-hybridized carbons (Fsp3) is 0.632. The summed E-state index contributed by atoms with van der Waals surface area (Å²) in [4.78, 5) is 14.2. The quantitative estimate of drug-likeness (QED) is 0.889. The van der Waals surface area contributed by atoms with E-state index in [2.05, 4.69) is 22.3 Å². The maximum atomic E-state index is 11.8. The lowest BCUT2D eigenvalue weighted by Gasteiger charge is -2.23. The standard InChI is InChI=1S/C19H30N2O3/c1-14(20-18(22)24-19(2,3)4)12-15-10-11-21(13-15)16-6-8-17(23-5)9-7-16/h6-9,14-15H,10-13H2,1-5H3,(H,20,22). The summed E-state index contributed by atoms with van der Waals surface area (Å²) in [6.45, 7) is 9.74. The van der Waals surface area contributed by atoms with Crippen molar-refractivity contribution in [3.05, 3.63) is 24.3 Å². The normalized spacial score (nSPS) is 19.0. The molecule has 2 atom stereocenters. The molecule has 1 aliphatic rings. The number of hydrogen-bond donors (Lipinski definition) is 1. The number of amides is 1. The number of nitrogens with zero attached hydrogens (tertiary/aromatic N) is 1. The Hall–Kier alpha value is -1.91. The number of hydrogen-bond acceptors (Lipinski definition) is 4. The molecule has 0 spiro atoms. The van der Waals surface area contributed by atoms with E-state index < -0.39 is 5.60 Å². The summed E-state index contributed by atoms with van der Waals surface area (Å²) in [5.41, 5.74) is 0.772. The topological polar surface area (TPSA) is 50.8 Å². The Labute approximate surface area is 145 Å². The van der Waals surface area contributed by atoms with Crippen molar-refractivity contribution in [2.75, 3.05) is 25.1 Å². The average Bonchev–Trinajstić information content (AvgIpc) is 2.93. The number of methoxy groups -OCH3 is 1. The van der Waals surface area contributed by atoms with Crippen LogP contribution in [0.2, 0.25) is 0 Å². The van der Waals surface area contributed by atoms with Gasteiger partial charge in [0.2, 0.25) is 0 Å². The van der Waals surface area contributed by atoms with Gasteiger partial charge in [-0.2, -0.15) is 0 Å². The number of ether oxygens (including phenoxy) is 2. The van der Waals surface area contributed by atoms with Gasteiger partial charge in [0.05, 0.1) is 7.11 Å². The molecule has 24 heavy (non-hydrogen) atoms. The SMILES string of the molecule is COc1ccc(N2CCC(CC(C)NC(=O)OC(C)(C)C)C2)cc1. The zero-order valence-electron chi connectivity index (χ0n) is 15.5. The van der Waals surface area contributed by atoms with Crippen molar-refractivity contribution < 1.29 is 14.3 Å². The van der Waals surface area contributed by atoms with E-state index in [1.165, 1.54) is 5.69 Å². The number of nitrogens with one attached hydrogen (secondary N) is 1. The van der Waals surface area contributed by atoms with Gasteiger partial charge >= 0.3 is 6.09 Å². The highest BCUT2D eigenvalue weighted by atomic mass is 16.6. The van der Waals surface area contributed by atoms with Gasteiger partial charge in [-0.05, 0) is 70.7 Å². The minimum absolute atomic E-state index is 0.112. The molecule has 1 heterocycles. The molecular weight excluding hydrogens is 304 g/mol. The Balaban J connectivity index is 1.79. The van der Waals surface area contributed by atoms with Gasteiger partial charge in [-0.1, -0.05) is 0 Å². The first-order chi connectivity index (χ1) is 11.3. The molecule has 1 aromatic rings. The minimum Gasteiger partial charge on any atom is -0.497 e. The fourth-order valence-corrected chi connectivity index (χ4v) is 3.12. The van der Waals surface area contributed by atoms with Crippen LogP contribution in [0.5, 0.6) is 5.75 Å². The molecule has 1 fully saturated rings. The zero-order chi connectivity index (χ0) is 17.7. The van der Waals surface area contributed by atoms with Crippen molar-refractivity contribution >= 4 is 11.8 Å². The monoisotopic (exact) mass is 334 g/mol. The highest BCUT2D eigenvalue weighted by Crippen LogP contribution is 2.27. The molecule has 5 nitrogen and oxygen atoms in total. The Bertz CT molecular complexity index is 537. The summed E-state index contributed by atoms with van der Waals surface area (Å²) >= 11 is 0. The summed E-state index contributed by atoms with van der Waals surface area (Å²) in [7, 11) is 1.68. The lowest BCUT2D eigenvalue weighted by molar-refractivity contribution is 0.0503. The summed E-state index contributed by atoms with van der Waals surface area (Å²) in [6.07, 6.45) is 1.78. The highest BCUT2D eigenvalue weighted by molar-refractivity contribution is 5.68. The third kappa shape index (κ3) is 5.62. The van der Waals surface area contributed by atoms with E-state index in [9.17, 15) is 4.79 Å². The molecule has 0 aromatic heterocycles. The van der Waals surface area contributed by atoms with Crippen molar-refractivity contribution in [3.63, 3.8) is 0 Å². The smallest absolute Gasteiger partial charge is 0.407 e. The molecule has 1 aliphatic heterocycles. The Morgan fingerprint density at radius 3 is 2.58 bits per heavy atom. The van der Waals surface area contributed by atoms with Gasteiger partial charge < -0.3 is 19.7 Å². The van der Waals surface area contributed by atoms with Crippen molar-refractivity contribution in [1.82, 2.24) is 5.32 Å². The third-order valence-corrected chi connectivity index (χ3v) is 4.17. The Kier molecular flexibility index (Phi) is 5.97. The average molecular weight is 334 g/mol. The van der Waals surface area contributed by atoms with Crippen LogP contribution in [-0.4, -0.2) is 37.9 Å². The molecule has 2 rings (SSSR count). The summed E-state index contributed by atoms with van der Waals surface area (Å²) in [5, 5.41) is 2.94. The molecule has 0 bridgehead atoms. The summed E-state index contributed by atoms with van der Waals surface area (Å²) in [6, 6.07) is 8.30. The molecule has 5 heteroatoms. The van der Waals surface area contributed by atoms with Crippen molar-refractivity contribution in [2.45, 2.75) is 52.2 Å². The van der Waals surface area contributed by atoms with Crippen LogP contribution in [-0.2, 0) is 4.74 Å². The minimum atomic E-state index is -0.456. The molecule has 0 aliphatic carbocycles. The van der Waals surface area contributed by atoms with Gasteiger partial charge in [-0.3, -0.25) is 0 Å². The molecule has 1 N–H and O–H groups in total. The van der Waals surface area contributed by atoms with Crippen LogP contribution >= 0.6 is 0 Å². The van der Waals surface area contributed by atoms with Gasteiger partial charge in [0.15, 0.2) is 0 Å². The molecule has 134 valence electrons. The van der Waals surface area contributed by atoms with Crippen molar-refractivity contribution in [1.29, 1.82) is 0 Å². The van der Waals surface area contributed by atoms with Crippen LogP contribution in [0.4, 0.5) is 10.5 Å². The molecule has 2 unspecified atom stereocenters. The predicted octanol–water partition coefficient (Wildman–Crippen LogP) is 3.82. The van der Waals surface area contributed by atoms with E-state index >= 15 is 0 Å². The highest BCUT2D eigenvalue weighted by Gasteiger charge is 2.25. The Morgan fingerprint density at radius 1 is 1.33 bits per heavy atom. The third-order valence-electron chi connectivity index (χ3n) is 4.17. The summed E-state index contributed by atoms with van der Waals surface area (Å²) in [5.74, 6) is 1.46. The van der Waals surface area contributed by atoms with Crippen molar-refractivity contribution in [2.24, 2.45) is 5.92 Å². The van der Waals surface area contributed by atoms with E-state index in [0.717, 1.165) is 31.7 Å². The maximum Gasteiger partial charge on any atom is 0.407 e. The first-order valence-electron chi connectivity index (χ1n) is 8.65. The van der Waals surface area contributed by atoms with Crippen LogP contribution in [0, 0.1) is 5.92 Å². The van der Waals surface area contributed by atoms with Crippen LogP contribution in [0.1, 0.15) is 40.5 Å². The zero-order valence-corrected chi connectivity index (χ0v) is 15.5. The first-order valence-corrected chi connectivity index (χ1v) is 8.65. The molecule has 1 saturated heterocycles. The number of benzene rings is 1. The summed E-state index contributed by atoms with van der Waals surface area (Å²) < 4.78 is 10.5. The Morgan fingerprint density at radius 2 is 2.00 bits per heavy atom. The van der Waals surface area contributed by atoms with Crippen LogP contribution in [0.25, 0.3) is 0 Å². The van der Waals surface area contributed by atoms with Gasteiger partial charge in [-0.25, -0.2) is 4.79 Å². The second-order valence-electron chi connectivity index (χ2n) is 7.58. The molecule has 0 radical (unpaired) electrons. The van der Waals surface area contributed by atoms with Crippen LogP contribution in [0.3, 0.4) is 0 Å². The van der Waals surface area contributed by atoms with E-state index in [4.69, 9.17) is 9.47 Å². The predicted molar refractivity (Wildman–Crippen MR) is 96.8 cm³/mol. The van der Waals surface area contributed by atoms with Gasteiger partial charge in [0, 0.05) is 24.8 Å². The van der Waals surface area contributed by atoms with E-state index in [1.807, 2.05) is 39.8 Å². The van der Waals surface area contributed by atoms with E-state index in [1.54, 1.807) is 7.11 Å². The lowest BCUT2D eigenvalue weighted by atomic mass is 10.0. The van der Waals surface area contributed by atoms with Gasteiger partial charge in [0.1, 0.15) is 11.4 Å². The molecule has 1 amide bonds. The van der Waals surface area contributed by atoms with Gasteiger partial charge in [-0.15, -0.1) is 0 Å². The van der Waals surface area contributed by atoms with Crippen molar-refractivity contribution in [3.8, 4) is 5.75 Å². The number of rotatable bonds is 5. The molecular formula is C19H30N2O3. The van der Waals surface area contributed by atoms with E-state index in [-0.39, 0.29) is 12.1 Å². The second-order valence-corrected chi connectivity index (χ2v) is 7.58. The largest absolute Gasteiger partial charge is 0.497 e. The number of carbonyl (C=O) groups is 1. The molecule has 1 aromatic carbocycles. The number of anilines is 1. The number of alkyl carbamates (subject to hydrolysis) is 1.